The van der Waals surface area contributed by atoms with Crippen LogP contribution in [-0.2, 0) is 7.05 Å². The number of amides is 1. The van der Waals surface area contributed by atoms with E-state index in [4.69, 9.17) is 15.7 Å². The van der Waals surface area contributed by atoms with Crippen molar-refractivity contribution in [3.05, 3.63) is 41.3 Å². The third kappa shape index (κ3) is 2.47. The number of carbonyl (C=O) groups is 1. The van der Waals surface area contributed by atoms with Crippen LogP contribution in [0.15, 0.2) is 24.3 Å². The van der Waals surface area contributed by atoms with Gasteiger partial charge in [0.2, 0.25) is 5.91 Å². The van der Waals surface area contributed by atoms with Crippen molar-refractivity contribution in [3.63, 3.8) is 0 Å². The molecule has 1 saturated carbocycles. The zero-order chi connectivity index (χ0) is 16.8. The Hall–Kier alpha value is -2.96. The molecular weight excluding hydrogens is 304 g/mol. The Bertz CT molecular complexity index is 957. The van der Waals surface area contributed by atoms with E-state index < -0.39 is 5.91 Å². The van der Waals surface area contributed by atoms with Crippen molar-refractivity contribution in [2.45, 2.75) is 25.7 Å². The molecule has 3 N–H and O–H groups in total. The second-order valence-corrected chi connectivity index (χ2v) is 6.18. The highest BCUT2D eigenvalue weighted by Crippen LogP contribution is 2.40. The van der Waals surface area contributed by atoms with Gasteiger partial charge in [-0.3, -0.25) is 9.48 Å². The van der Waals surface area contributed by atoms with E-state index in [1.807, 2.05) is 20.0 Å². The lowest BCUT2D eigenvalue weighted by molar-refractivity contribution is 0.100. The Balaban J connectivity index is 1.83. The summed E-state index contributed by atoms with van der Waals surface area (Å²) < 4.78 is 1.78. The molecule has 4 rings (SSSR count). The van der Waals surface area contributed by atoms with Crippen LogP contribution in [-0.4, -0.2) is 25.7 Å². The predicted molar refractivity (Wildman–Crippen MR) is 91.3 cm³/mol. The molecular formula is C17H18N6O. The highest BCUT2D eigenvalue weighted by atomic mass is 16.1. The first kappa shape index (κ1) is 14.6. The summed E-state index contributed by atoms with van der Waals surface area (Å²) in [6.45, 7) is 1.95. The lowest BCUT2D eigenvalue weighted by atomic mass is 10.2. The molecule has 1 fully saturated rings. The van der Waals surface area contributed by atoms with Gasteiger partial charge in [-0.1, -0.05) is 6.07 Å². The van der Waals surface area contributed by atoms with E-state index in [9.17, 15) is 4.79 Å². The molecule has 0 radical (unpaired) electrons. The van der Waals surface area contributed by atoms with Crippen LogP contribution in [0.3, 0.4) is 0 Å². The van der Waals surface area contributed by atoms with Gasteiger partial charge >= 0.3 is 0 Å². The van der Waals surface area contributed by atoms with Crippen molar-refractivity contribution in [2.75, 3.05) is 5.32 Å². The monoisotopic (exact) mass is 322 g/mol. The number of aryl methyl sites for hydroxylation is 2. The molecule has 0 aliphatic heterocycles. The van der Waals surface area contributed by atoms with Gasteiger partial charge in [-0.05, 0) is 38.0 Å². The van der Waals surface area contributed by atoms with E-state index in [0.717, 1.165) is 41.1 Å². The van der Waals surface area contributed by atoms with Crippen molar-refractivity contribution in [2.24, 2.45) is 12.8 Å². The molecule has 7 nitrogen and oxygen atoms in total. The van der Waals surface area contributed by atoms with E-state index in [1.165, 1.54) is 0 Å². The molecule has 7 heteroatoms. The molecule has 1 aliphatic rings. The fourth-order valence-corrected chi connectivity index (χ4v) is 2.85. The van der Waals surface area contributed by atoms with E-state index in [-0.39, 0.29) is 0 Å². The summed E-state index contributed by atoms with van der Waals surface area (Å²) >= 11 is 0. The average molecular weight is 322 g/mol. The summed E-state index contributed by atoms with van der Waals surface area (Å²) in [6, 6.07) is 7.07. The molecule has 0 atom stereocenters. The first-order valence-electron chi connectivity index (χ1n) is 7.91. The normalized spacial score (nSPS) is 14.1. The second-order valence-electron chi connectivity index (χ2n) is 6.18. The topological polar surface area (TPSA) is 98.7 Å². The number of rotatable bonds is 4. The molecule has 0 bridgehead atoms. The van der Waals surface area contributed by atoms with Gasteiger partial charge in [0.15, 0.2) is 5.82 Å². The molecule has 0 spiro atoms. The average Bonchev–Trinajstić information content (AvgIpc) is 3.35. The number of benzene rings is 1. The third-order valence-corrected chi connectivity index (χ3v) is 4.22. The SMILES string of the molecule is Cc1nn(C)c2c(Nc3cccc(C(N)=O)c3)nc(C3CC3)nc12. The van der Waals surface area contributed by atoms with Gasteiger partial charge in [-0.2, -0.15) is 5.10 Å². The molecule has 0 unspecified atom stereocenters. The Labute approximate surface area is 138 Å². The van der Waals surface area contributed by atoms with Crippen LogP contribution in [0.25, 0.3) is 11.0 Å². The maximum atomic E-state index is 11.4. The molecule has 122 valence electrons. The maximum absolute atomic E-state index is 11.4. The fraction of sp³-hybridized carbons (Fsp3) is 0.294. The van der Waals surface area contributed by atoms with Gasteiger partial charge in [0.1, 0.15) is 16.9 Å². The fourth-order valence-electron chi connectivity index (χ4n) is 2.85. The van der Waals surface area contributed by atoms with Crippen LogP contribution in [0.1, 0.15) is 40.6 Å². The molecule has 1 aromatic carbocycles. The summed E-state index contributed by atoms with van der Waals surface area (Å²) in [5.41, 5.74) is 9.16. The van der Waals surface area contributed by atoms with Crippen LogP contribution >= 0.6 is 0 Å². The number of nitrogens with two attached hydrogens (primary N) is 1. The minimum absolute atomic E-state index is 0.437. The van der Waals surface area contributed by atoms with Crippen molar-refractivity contribution in [3.8, 4) is 0 Å². The van der Waals surface area contributed by atoms with Crippen molar-refractivity contribution < 1.29 is 4.79 Å². The van der Waals surface area contributed by atoms with Gasteiger partial charge in [-0.25, -0.2) is 9.97 Å². The maximum Gasteiger partial charge on any atom is 0.248 e. The number of hydrogen-bond acceptors (Lipinski definition) is 5. The van der Waals surface area contributed by atoms with Crippen molar-refractivity contribution in [1.29, 1.82) is 0 Å². The number of aromatic nitrogens is 4. The summed E-state index contributed by atoms with van der Waals surface area (Å²) in [6.07, 6.45) is 2.25. The Morgan fingerprint density at radius 2 is 2.12 bits per heavy atom. The van der Waals surface area contributed by atoms with Gasteiger partial charge in [-0.15, -0.1) is 0 Å². The van der Waals surface area contributed by atoms with Crippen LogP contribution in [0.4, 0.5) is 11.5 Å². The van der Waals surface area contributed by atoms with Gasteiger partial charge in [0.05, 0.1) is 5.69 Å². The molecule has 1 aliphatic carbocycles. The van der Waals surface area contributed by atoms with Crippen LogP contribution in [0.5, 0.6) is 0 Å². The minimum atomic E-state index is -0.457. The Morgan fingerprint density at radius 1 is 1.33 bits per heavy atom. The minimum Gasteiger partial charge on any atom is -0.366 e. The van der Waals surface area contributed by atoms with Gasteiger partial charge < -0.3 is 11.1 Å². The largest absolute Gasteiger partial charge is 0.366 e. The van der Waals surface area contributed by atoms with Crippen molar-refractivity contribution in [1.82, 2.24) is 19.7 Å². The van der Waals surface area contributed by atoms with Crippen LogP contribution < -0.4 is 11.1 Å². The lowest BCUT2D eigenvalue weighted by Crippen LogP contribution is -2.11. The van der Waals surface area contributed by atoms with E-state index in [0.29, 0.717) is 17.3 Å². The lowest BCUT2D eigenvalue weighted by Gasteiger charge is -2.10. The Kier molecular flexibility index (Phi) is 3.23. The smallest absolute Gasteiger partial charge is 0.248 e. The standard InChI is InChI=1S/C17H18N6O/c1-9-13-14(23(2)22-9)17(21-16(20-13)10-6-7-10)19-12-5-3-4-11(8-12)15(18)24/h3-5,8,10H,6-7H2,1-2H3,(H2,18,24)(H,19,20,21). The highest BCUT2D eigenvalue weighted by molar-refractivity contribution is 5.94. The number of nitrogens with one attached hydrogen (secondary N) is 1. The first-order valence-corrected chi connectivity index (χ1v) is 7.91. The van der Waals surface area contributed by atoms with E-state index >= 15 is 0 Å². The molecule has 24 heavy (non-hydrogen) atoms. The number of fused-ring (bicyclic) bond motifs is 1. The number of anilines is 2. The van der Waals surface area contributed by atoms with E-state index in [1.54, 1.807) is 22.9 Å². The summed E-state index contributed by atoms with van der Waals surface area (Å²) in [5, 5.41) is 7.76. The van der Waals surface area contributed by atoms with Crippen LogP contribution in [0, 0.1) is 6.92 Å². The summed E-state index contributed by atoms with van der Waals surface area (Å²) in [4.78, 5) is 20.8. The quantitative estimate of drug-likeness (QED) is 0.768. The Morgan fingerprint density at radius 3 is 2.83 bits per heavy atom. The highest BCUT2D eigenvalue weighted by Gasteiger charge is 2.28. The zero-order valence-electron chi connectivity index (χ0n) is 13.6. The molecule has 3 aromatic rings. The third-order valence-electron chi connectivity index (χ3n) is 4.22. The number of nitrogens with zero attached hydrogens (tertiary/aromatic N) is 4. The van der Waals surface area contributed by atoms with Gasteiger partial charge in [0.25, 0.3) is 0 Å². The summed E-state index contributed by atoms with van der Waals surface area (Å²) in [7, 11) is 1.88. The van der Waals surface area contributed by atoms with E-state index in [2.05, 4.69) is 10.4 Å². The predicted octanol–water partition coefficient (Wildman–Crippen LogP) is 2.39. The number of hydrogen-bond donors (Lipinski definition) is 2. The molecule has 0 saturated heterocycles. The zero-order valence-corrected chi connectivity index (χ0v) is 13.6. The molecule has 2 aromatic heterocycles. The van der Waals surface area contributed by atoms with Crippen LogP contribution in [0.2, 0.25) is 0 Å². The second kappa shape index (κ2) is 5.30. The number of carbonyl (C=O) groups excluding carboxylic acids is 1. The molecule has 1 amide bonds. The molecule has 2 heterocycles. The van der Waals surface area contributed by atoms with Crippen molar-refractivity contribution >= 4 is 28.4 Å². The summed E-state index contributed by atoms with van der Waals surface area (Å²) in [5.74, 6) is 1.53. The first-order chi connectivity index (χ1) is 11.5. The van der Waals surface area contributed by atoms with Gasteiger partial charge in [0, 0.05) is 24.2 Å². The number of primary amides is 1.